The predicted molar refractivity (Wildman–Crippen MR) is 97.0 cm³/mol. The van der Waals surface area contributed by atoms with E-state index in [-0.39, 0.29) is 5.91 Å². The fraction of sp³-hybridized carbons (Fsp3) is 0.529. The molecule has 3 heterocycles. The maximum absolute atomic E-state index is 12.8. The van der Waals surface area contributed by atoms with Crippen molar-refractivity contribution in [3.8, 4) is 9.88 Å². The first-order chi connectivity index (χ1) is 11.3. The molecule has 0 unspecified atom stereocenters. The number of hydrogen-bond donors (Lipinski definition) is 1. The van der Waals surface area contributed by atoms with Gasteiger partial charge in [-0.05, 0) is 43.8 Å². The lowest BCUT2D eigenvalue weighted by Crippen LogP contribution is -2.47. The Labute approximate surface area is 145 Å². The van der Waals surface area contributed by atoms with Crippen molar-refractivity contribution in [1.29, 1.82) is 0 Å². The van der Waals surface area contributed by atoms with Gasteiger partial charge in [0.15, 0.2) is 0 Å². The van der Waals surface area contributed by atoms with Crippen molar-refractivity contribution in [2.75, 3.05) is 19.6 Å². The second-order valence-corrected chi connectivity index (χ2v) is 7.67. The second kappa shape index (κ2) is 8.04. The number of amides is 1. The van der Waals surface area contributed by atoms with Gasteiger partial charge in [-0.25, -0.2) is 4.98 Å². The topological polar surface area (TPSA) is 45.2 Å². The highest BCUT2D eigenvalue weighted by atomic mass is 32.1. The van der Waals surface area contributed by atoms with Crippen LogP contribution in [0.3, 0.4) is 0 Å². The van der Waals surface area contributed by atoms with E-state index >= 15 is 0 Å². The van der Waals surface area contributed by atoms with Gasteiger partial charge in [0, 0.05) is 18.0 Å². The van der Waals surface area contributed by atoms with Crippen LogP contribution in [0.4, 0.5) is 0 Å². The molecule has 4 nitrogen and oxygen atoms in total. The molecule has 0 atom stereocenters. The van der Waals surface area contributed by atoms with E-state index in [2.05, 4.69) is 33.6 Å². The molecule has 0 bridgehead atoms. The summed E-state index contributed by atoms with van der Waals surface area (Å²) in [6.45, 7) is 5.01. The molecule has 1 aliphatic heterocycles. The molecule has 1 fully saturated rings. The lowest BCUT2D eigenvalue weighted by Gasteiger charge is -2.34. The Kier molecular flexibility index (Phi) is 5.80. The van der Waals surface area contributed by atoms with Gasteiger partial charge >= 0.3 is 0 Å². The number of nitrogens with zero attached hydrogens (tertiary/aromatic N) is 2. The van der Waals surface area contributed by atoms with Crippen LogP contribution in [0.5, 0.6) is 0 Å². The molecule has 6 heteroatoms. The second-order valence-electron chi connectivity index (χ2n) is 5.87. The predicted octanol–water partition coefficient (Wildman–Crippen LogP) is 3.40. The molecule has 124 valence electrons. The van der Waals surface area contributed by atoms with Crippen molar-refractivity contribution >= 4 is 28.6 Å². The summed E-state index contributed by atoms with van der Waals surface area (Å²) in [4.78, 5) is 20.7. The number of aromatic nitrogens is 1. The Hall–Kier alpha value is -1.24. The van der Waals surface area contributed by atoms with Crippen LogP contribution < -0.4 is 5.32 Å². The molecule has 3 rings (SSSR count). The highest BCUT2D eigenvalue weighted by Gasteiger charge is 2.25. The quantitative estimate of drug-likeness (QED) is 0.869. The van der Waals surface area contributed by atoms with E-state index in [9.17, 15) is 4.79 Å². The van der Waals surface area contributed by atoms with Crippen molar-refractivity contribution in [1.82, 2.24) is 15.2 Å². The lowest BCUT2D eigenvalue weighted by molar-refractivity contribution is -0.133. The summed E-state index contributed by atoms with van der Waals surface area (Å²) >= 11 is 3.32. The van der Waals surface area contributed by atoms with Crippen LogP contribution in [0.15, 0.2) is 22.9 Å². The molecular weight excluding hydrogens is 326 g/mol. The average molecular weight is 350 g/mol. The first kappa shape index (κ1) is 16.6. The number of thiazole rings is 1. The van der Waals surface area contributed by atoms with E-state index in [0.29, 0.717) is 12.5 Å². The molecule has 0 saturated carbocycles. The molecular formula is C17H23N3OS2. The van der Waals surface area contributed by atoms with E-state index < -0.39 is 0 Å². The molecule has 0 aromatic carbocycles. The zero-order chi connectivity index (χ0) is 16.1. The van der Waals surface area contributed by atoms with Crippen molar-refractivity contribution in [2.45, 2.75) is 38.6 Å². The summed E-state index contributed by atoms with van der Waals surface area (Å²) in [5, 5.41) is 8.48. The van der Waals surface area contributed by atoms with Gasteiger partial charge in [0.05, 0.1) is 17.0 Å². The third kappa shape index (κ3) is 4.19. The van der Waals surface area contributed by atoms with Gasteiger partial charge in [-0.15, -0.1) is 22.7 Å². The molecule has 23 heavy (non-hydrogen) atoms. The van der Waals surface area contributed by atoms with Gasteiger partial charge in [0.1, 0.15) is 5.01 Å². The van der Waals surface area contributed by atoms with Gasteiger partial charge < -0.3 is 10.2 Å². The van der Waals surface area contributed by atoms with E-state index in [1.807, 2.05) is 11.4 Å². The molecule has 2 aromatic rings. The Morgan fingerprint density at radius 3 is 2.91 bits per heavy atom. The summed E-state index contributed by atoms with van der Waals surface area (Å²) in [6.07, 6.45) is 3.55. The van der Waals surface area contributed by atoms with Crippen LogP contribution in [0, 0.1) is 0 Å². The number of piperidine rings is 1. The highest BCUT2D eigenvalue weighted by Crippen LogP contribution is 2.28. The number of nitrogens with one attached hydrogen (secondary N) is 1. The first-order valence-corrected chi connectivity index (χ1v) is 10.0. The molecule has 1 amide bonds. The fourth-order valence-corrected chi connectivity index (χ4v) is 4.66. The Bertz CT molecular complexity index is 618. The summed E-state index contributed by atoms with van der Waals surface area (Å²) in [5.74, 6) is 0.224. The van der Waals surface area contributed by atoms with Gasteiger partial charge in [0.25, 0.3) is 0 Å². The largest absolute Gasteiger partial charge is 0.339 e. The maximum atomic E-state index is 12.8. The van der Waals surface area contributed by atoms with Crippen LogP contribution in [0.1, 0.15) is 31.9 Å². The SMILES string of the molecule is CCCN(C(=O)Cc1csc(-c2cccs2)n1)C1CCNCC1. The molecule has 1 aliphatic rings. The standard InChI is InChI=1S/C17H23N3OS2/c1-2-9-20(14-5-7-18-8-6-14)16(21)11-13-12-23-17(19-13)15-4-3-10-22-15/h3-4,10,12,14,18H,2,5-9,11H2,1H3. The van der Waals surface area contributed by atoms with Crippen molar-refractivity contribution in [2.24, 2.45) is 0 Å². The Balaban J connectivity index is 1.66. The van der Waals surface area contributed by atoms with E-state index in [4.69, 9.17) is 0 Å². The minimum atomic E-state index is 0.224. The number of carbonyl (C=O) groups excluding carboxylic acids is 1. The third-order valence-electron chi connectivity index (χ3n) is 4.15. The molecule has 0 radical (unpaired) electrons. The van der Waals surface area contributed by atoms with Crippen LogP contribution in [-0.2, 0) is 11.2 Å². The maximum Gasteiger partial charge on any atom is 0.228 e. The van der Waals surface area contributed by atoms with Gasteiger partial charge in [0.2, 0.25) is 5.91 Å². The summed E-state index contributed by atoms with van der Waals surface area (Å²) in [7, 11) is 0. The summed E-state index contributed by atoms with van der Waals surface area (Å²) < 4.78 is 0. The Morgan fingerprint density at radius 1 is 1.39 bits per heavy atom. The van der Waals surface area contributed by atoms with Crippen LogP contribution >= 0.6 is 22.7 Å². The molecule has 0 aliphatic carbocycles. The molecule has 1 N–H and O–H groups in total. The number of hydrogen-bond acceptors (Lipinski definition) is 5. The molecule has 2 aromatic heterocycles. The highest BCUT2D eigenvalue weighted by molar-refractivity contribution is 7.20. The number of carbonyl (C=O) groups is 1. The monoisotopic (exact) mass is 349 g/mol. The zero-order valence-electron chi connectivity index (χ0n) is 13.5. The van der Waals surface area contributed by atoms with Crippen molar-refractivity contribution < 1.29 is 4.79 Å². The minimum absolute atomic E-state index is 0.224. The van der Waals surface area contributed by atoms with E-state index in [0.717, 1.165) is 49.6 Å². The third-order valence-corrected chi connectivity index (χ3v) is 6.08. The van der Waals surface area contributed by atoms with Gasteiger partial charge in [-0.1, -0.05) is 13.0 Å². The summed E-state index contributed by atoms with van der Waals surface area (Å²) in [5.41, 5.74) is 0.901. The van der Waals surface area contributed by atoms with Gasteiger partial charge in [-0.3, -0.25) is 4.79 Å². The van der Waals surface area contributed by atoms with Gasteiger partial charge in [-0.2, -0.15) is 0 Å². The van der Waals surface area contributed by atoms with Crippen LogP contribution in [0.25, 0.3) is 9.88 Å². The molecule has 1 saturated heterocycles. The van der Waals surface area contributed by atoms with Crippen molar-refractivity contribution in [3.63, 3.8) is 0 Å². The number of rotatable bonds is 6. The smallest absolute Gasteiger partial charge is 0.228 e. The zero-order valence-corrected chi connectivity index (χ0v) is 15.1. The van der Waals surface area contributed by atoms with E-state index in [1.165, 1.54) is 4.88 Å². The Morgan fingerprint density at radius 2 is 2.22 bits per heavy atom. The van der Waals surface area contributed by atoms with Crippen molar-refractivity contribution in [3.05, 3.63) is 28.6 Å². The van der Waals surface area contributed by atoms with E-state index in [1.54, 1.807) is 22.7 Å². The van der Waals surface area contributed by atoms with Crippen LogP contribution in [0.2, 0.25) is 0 Å². The minimum Gasteiger partial charge on any atom is -0.339 e. The fourth-order valence-electron chi connectivity index (χ4n) is 3.03. The normalized spacial score (nSPS) is 15.7. The lowest BCUT2D eigenvalue weighted by atomic mass is 10.0. The average Bonchev–Trinajstić information content (AvgIpc) is 3.24. The first-order valence-electron chi connectivity index (χ1n) is 8.26. The summed E-state index contributed by atoms with van der Waals surface area (Å²) in [6, 6.07) is 4.50. The van der Waals surface area contributed by atoms with Crippen LogP contribution in [-0.4, -0.2) is 41.5 Å². The molecule has 0 spiro atoms. The number of thiophene rings is 1.